The lowest BCUT2D eigenvalue weighted by atomic mass is 9.65. The van der Waals surface area contributed by atoms with Gasteiger partial charge in [0.2, 0.25) is 0 Å². The van der Waals surface area contributed by atoms with Crippen molar-refractivity contribution in [3.63, 3.8) is 0 Å². The van der Waals surface area contributed by atoms with Crippen LogP contribution in [0, 0.1) is 11.3 Å². The largest absolute Gasteiger partial charge is 0.390 e. The summed E-state index contributed by atoms with van der Waals surface area (Å²) in [4.78, 5) is 0. The van der Waals surface area contributed by atoms with Crippen molar-refractivity contribution in [2.45, 2.75) is 76.7 Å². The zero-order valence-corrected chi connectivity index (χ0v) is 11.4. The van der Waals surface area contributed by atoms with Crippen molar-refractivity contribution in [2.24, 2.45) is 17.1 Å². The normalized spacial score (nSPS) is 37.2. The summed E-state index contributed by atoms with van der Waals surface area (Å²) in [6, 6.07) is 0. The maximum absolute atomic E-state index is 10.6. The highest BCUT2D eigenvalue weighted by Crippen LogP contribution is 2.47. The van der Waals surface area contributed by atoms with Gasteiger partial charge in [-0.1, -0.05) is 26.2 Å². The first-order valence-corrected chi connectivity index (χ1v) is 7.54. The van der Waals surface area contributed by atoms with Gasteiger partial charge in [0.25, 0.3) is 0 Å². The van der Waals surface area contributed by atoms with Gasteiger partial charge in [-0.3, -0.25) is 0 Å². The monoisotopic (exact) mass is 239 g/mol. The van der Waals surface area contributed by atoms with E-state index in [-0.39, 0.29) is 11.0 Å². The molecule has 0 aromatic rings. The van der Waals surface area contributed by atoms with Crippen LogP contribution in [0.25, 0.3) is 0 Å². The summed E-state index contributed by atoms with van der Waals surface area (Å²) >= 11 is 0. The van der Waals surface area contributed by atoms with Crippen molar-refractivity contribution < 1.29 is 5.11 Å². The van der Waals surface area contributed by atoms with E-state index in [0.717, 1.165) is 31.7 Å². The van der Waals surface area contributed by atoms with Crippen LogP contribution in [-0.4, -0.2) is 17.3 Å². The standard InChI is InChI=1S/C15H29NO/c1-2-13-5-9-14(12-16,10-6-13)11-15(17)7-3-4-8-15/h13,17H,2-12,16H2,1H3. The Morgan fingerprint density at radius 2 is 1.71 bits per heavy atom. The summed E-state index contributed by atoms with van der Waals surface area (Å²) in [6.07, 6.45) is 11.8. The molecule has 0 saturated heterocycles. The molecule has 0 aromatic heterocycles. The number of nitrogens with two attached hydrogens (primary N) is 1. The van der Waals surface area contributed by atoms with E-state index in [1.807, 2.05) is 0 Å². The molecule has 2 fully saturated rings. The summed E-state index contributed by atoms with van der Waals surface area (Å²) in [5.41, 5.74) is 5.93. The van der Waals surface area contributed by atoms with Crippen molar-refractivity contribution >= 4 is 0 Å². The lowest BCUT2D eigenvalue weighted by Crippen LogP contribution is -2.42. The lowest BCUT2D eigenvalue weighted by Gasteiger charge is -2.43. The van der Waals surface area contributed by atoms with Gasteiger partial charge in [0.05, 0.1) is 5.60 Å². The van der Waals surface area contributed by atoms with E-state index in [9.17, 15) is 5.11 Å². The minimum Gasteiger partial charge on any atom is -0.390 e. The van der Waals surface area contributed by atoms with Gasteiger partial charge in [0.15, 0.2) is 0 Å². The quantitative estimate of drug-likeness (QED) is 0.791. The third kappa shape index (κ3) is 3.03. The molecule has 0 atom stereocenters. The van der Waals surface area contributed by atoms with E-state index in [1.54, 1.807) is 0 Å². The van der Waals surface area contributed by atoms with Gasteiger partial charge >= 0.3 is 0 Å². The predicted octanol–water partition coefficient (Wildman–Crippen LogP) is 3.23. The van der Waals surface area contributed by atoms with Crippen LogP contribution in [0.2, 0.25) is 0 Å². The average Bonchev–Trinajstić information content (AvgIpc) is 2.76. The summed E-state index contributed by atoms with van der Waals surface area (Å²) in [5.74, 6) is 0.910. The molecule has 100 valence electrons. The molecule has 0 bridgehead atoms. The van der Waals surface area contributed by atoms with Crippen LogP contribution in [0.5, 0.6) is 0 Å². The molecule has 0 aromatic carbocycles. The van der Waals surface area contributed by atoms with E-state index in [4.69, 9.17) is 5.73 Å². The van der Waals surface area contributed by atoms with E-state index in [1.165, 1.54) is 44.9 Å². The first-order chi connectivity index (χ1) is 8.11. The second-order valence-corrected chi connectivity index (χ2v) is 6.66. The molecule has 2 nitrogen and oxygen atoms in total. The molecule has 0 amide bonds. The molecule has 0 heterocycles. The molecule has 2 rings (SSSR count). The number of hydrogen-bond donors (Lipinski definition) is 2. The summed E-state index contributed by atoms with van der Waals surface area (Å²) in [5, 5.41) is 10.6. The molecule has 0 radical (unpaired) electrons. The highest BCUT2D eigenvalue weighted by molar-refractivity contribution is 4.95. The fraction of sp³-hybridized carbons (Fsp3) is 1.00. The Bertz CT molecular complexity index is 237. The third-order valence-electron chi connectivity index (χ3n) is 5.41. The van der Waals surface area contributed by atoms with Gasteiger partial charge in [-0.05, 0) is 62.8 Å². The van der Waals surface area contributed by atoms with Gasteiger partial charge < -0.3 is 10.8 Å². The van der Waals surface area contributed by atoms with Crippen LogP contribution in [0.15, 0.2) is 0 Å². The van der Waals surface area contributed by atoms with Crippen LogP contribution in [0.3, 0.4) is 0 Å². The van der Waals surface area contributed by atoms with E-state index in [2.05, 4.69) is 6.92 Å². The molecular weight excluding hydrogens is 210 g/mol. The predicted molar refractivity (Wildman–Crippen MR) is 71.8 cm³/mol. The SMILES string of the molecule is CCC1CCC(CN)(CC2(O)CCCC2)CC1. The van der Waals surface area contributed by atoms with Crippen LogP contribution >= 0.6 is 0 Å². The van der Waals surface area contributed by atoms with E-state index in [0.29, 0.717) is 0 Å². The van der Waals surface area contributed by atoms with Crippen LogP contribution in [-0.2, 0) is 0 Å². The second kappa shape index (κ2) is 5.27. The minimum absolute atomic E-state index is 0.255. The average molecular weight is 239 g/mol. The Balaban J connectivity index is 1.96. The van der Waals surface area contributed by atoms with Gasteiger partial charge in [0.1, 0.15) is 0 Å². The molecule has 2 heteroatoms. The first-order valence-electron chi connectivity index (χ1n) is 7.54. The highest BCUT2D eigenvalue weighted by atomic mass is 16.3. The van der Waals surface area contributed by atoms with Gasteiger partial charge in [-0.15, -0.1) is 0 Å². The molecular formula is C15H29NO. The highest BCUT2D eigenvalue weighted by Gasteiger charge is 2.42. The first kappa shape index (κ1) is 13.4. The zero-order valence-electron chi connectivity index (χ0n) is 11.4. The van der Waals surface area contributed by atoms with Crippen molar-refractivity contribution in [1.29, 1.82) is 0 Å². The summed E-state index contributed by atoms with van der Waals surface area (Å²) in [6.45, 7) is 3.07. The van der Waals surface area contributed by atoms with E-state index < -0.39 is 0 Å². The van der Waals surface area contributed by atoms with Gasteiger partial charge in [-0.25, -0.2) is 0 Å². The van der Waals surface area contributed by atoms with Crippen molar-refractivity contribution in [2.75, 3.05) is 6.54 Å². The fourth-order valence-electron chi connectivity index (χ4n) is 4.06. The smallest absolute Gasteiger partial charge is 0.0653 e. The van der Waals surface area contributed by atoms with Crippen molar-refractivity contribution in [3.05, 3.63) is 0 Å². The van der Waals surface area contributed by atoms with Gasteiger partial charge in [-0.2, -0.15) is 0 Å². The summed E-state index contributed by atoms with van der Waals surface area (Å²) in [7, 11) is 0. The molecule has 17 heavy (non-hydrogen) atoms. The molecule has 2 aliphatic rings. The molecule has 3 N–H and O–H groups in total. The summed E-state index contributed by atoms with van der Waals surface area (Å²) < 4.78 is 0. The lowest BCUT2D eigenvalue weighted by molar-refractivity contribution is -0.0201. The Kier molecular flexibility index (Phi) is 4.14. The maximum atomic E-state index is 10.6. The molecule has 0 unspecified atom stereocenters. The number of aliphatic hydroxyl groups is 1. The van der Waals surface area contributed by atoms with Gasteiger partial charge in [0, 0.05) is 0 Å². The second-order valence-electron chi connectivity index (χ2n) is 6.66. The van der Waals surface area contributed by atoms with Crippen LogP contribution in [0.4, 0.5) is 0 Å². The third-order valence-corrected chi connectivity index (χ3v) is 5.41. The Morgan fingerprint density at radius 3 is 2.18 bits per heavy atom. The van der Waals surface area contributed by atoms with E-state index >= 15 is 0 Å². The maximum Gasteiger partial charge on any atom is 0.0653 e. The number of hydrogen-bond acceptors (Lipinski definition) is 2. The van der Waals surface area contributed by atoms with Crippen molar-refractivity contribution in [1.82, 2.24) is 0 Å². The Labute approximate surface area is 106 Å². The van der Waals surface area contributed by atoms with Crippen LogP contribution < -0.4 is 5.73 Å². The van der Waals surface area contributed by atoms with Crippen LogP contribution in [0.1, 0.15) is 71.1 Å². The van der Waals surface area contributed by atoms with Crippen molar-refractivity contribution in [3.8, 4) is 0 Å². The minimum atomic E-state index is -0.377. The fourth-order valence-corrected chi connectivity index (χ4v) is 4.06. The molecule has 0 aliphatic heterocycles. The Morgan fingerprint density at radius 1 is 1.12 bits per heavy atom. The molecule has 2 aliphatic carbocycles. The number of rotatable bonds is 4. The Hall–Kier alpha value is -0.0800. The zero-order chi connectivity index (χ0) is 12.4. The molecule has 0 spiro atoms. The topological polar surface area (TPSA) is 46.2 Å². The molecule has 2 saturated carbocycles.